The van der Waals surface area contributed by atoms with E-state index in [2.05, 4.69) is 18.9 Å². The zero-order valence-electron chi connectivity index (χ0n) is 10.3. The third-order valence-electron chi connectivity index (χ3n) is 3.41. The summed E-state index contributed by atoms with van der Waals surface area (Å²) in [4.78, 5) is 14.0. The van der Waals surface area contributed by atoms with Gasteiger partial charge >= 0.3 is 0 Å². The van der Waals surface area contributed by atoms with E-state index in [0.717, 1.165) is 19.3 Å². The predicted molar refractivity (Wildman–Crippen MR) is 64.0 cm³/mol. The molecule has 2 nitrogen and oxygen atoms in total. The first-order chi connectivity index (χ1) is 7.22. The molecule has 1 saturated heterocycles. The number of unbranched alkanes of at least 4 members (excludes halogenated alkanes) is 2. The van der Waals surface area contributed by atoms with Crippen molar-refractivity contribution >= 4 is 5.78 Å². The van der Waals surface area contributed by atoms with Gasteiger partial charge in [-0.1, -0.05) is 19.8 Å². The molecule has 15 heavy (non-hydrogen) atoms. The van der Waals surface area contributed by atoms with Crippen LogP contribution < -0.4 is 0 Å². The predicted octanol–water partition coefficient (Wildman–Crippen LogP) is 2.87. The fourth-order valence-electron chi connectivity index (χ4n) is 2.26. The molecule has 0 atom stereocenters. The van der Waals surface area contributed by atoms with Crippen LogP contribution in [-0.4, -0.2) is 30.8 Å². The van der Waals surface area contributed by atoms with Crippen molar-refractivity contribution in [3.05, 3.63) is 0 Å². The van der Waals surface area contributed by atoms with E-state index >= 15 is 0 Å². The van der Waals surface area contributed by atoms with Crippen molar-refractivity contribution in [3.63, 3.8) is 0 Å². The maximum Gasteiger partial charge on any atom is 0.133 e. The lowest BCUT2D eigenvalue weighted by molar-refractivity contribution is -0.120. The van der Waals surface area contributed by atoms with Crippen LogP contribution in [0.5, 0.6) is 0 Å². The average molecular weight is 211 g/mol. The summed E-state index contributed by atoms with van der Waals surface area (Å²) < 4.78 is 0. The standard InChI is InChI=1S/C13H25NO/c1-3-4-5-6-13(15)11-12-7-9-14(2)10-8-12/h12H,3-11H2,1-2H3. The number of nitrogens with zero attached hydrogens (tertiary/aromatic N) is 1. The summed E-state index contributed by atoms with van der Waals surface area (Å²) in [6, 6.07) is 0. The van der Waals surface area contributed by atoms with Crippen molar-refractivity contribution < 1.29 is 4.79 Å². The summed E-state index contributed by atoms with van der Waals surface area (Å²) in [5.74, 6) is 1.17. The molecule has 1 rings (SSSR count). The number of hydrogen-bond donors (Lipinski definition) is 0. The fourth-order valence-corrected chi connectivity index (χ4v) is 2.26. The van der Waals surface area contributed by atoms with E-state index < -0.39 is 0 Å². The van der Waals surface area contributed by atoms with Gasteiger partial charge in [0.1, 0.15) is 5.78 Å². The van der Waals surface area contributed by atoms with Gasteiger partial charge in [0.15, 0.2) is 0 Å². The van der Waals surface area contributed by atoms with E-state index in [1.807, 2.05) is 0 Å². The smallest absolute Gasteiger partial charge is 0.133 e. The zero-order chi connectivity index (χ0) is 11.1. The van der Waals surface area contributed by atoms with Gasteiger partial charge in [0, 0.05) is 12.8 Å². The monoisotopic (exact) mass is 211 g/mol. The van der Waals surface area contributed by atoms with Gasteiger partial charge in [-0.15, -0.1) is 0 Å². The SMILES string of the molecule is CCCCCC(=O)CC1CCN(C)CC1. The van der Waals surface area contributed by atoms with Crippen LogP contribution in [0.4, 0.5) is 0 Å². The fraction of sp³-hybridized carbons (Fsp3) is 0.923. The Balaban J connectivity index is 2.09. The second-order valence-corrected chi connectivity index (χ2v) is 4.95. The van der Waals surface area contributed by atoms with Crippen molar-refractivity contribution in [2.75, 3.05) is 20.1 Å². The molecule has 1 aliphatic heterocycles. The van der Waals surface area contributed by atoms with Gasteiger partial charge in [0.2, 0.25) is 0 Å². The molecular formula is C13H25NO. The minimum atomic E-state index is 0.498. The van der Waals surface area contributed by atoms with E-state index in [4.69, 9.17) is 0 Å². The summed E-state index contributed by atoms with van der Waals surface area (Å²) in [7, 11) is 2.17. The Bertz CT molecular complexity index is 183. The van der Waals surface area contributed by atoms with Crippen LogP contribution in [0, 0.1) is 5.92 Å². The van der Waals surface area contributed by atoms with E-state index in [1.165, 1.54) is 38.8 Å². The Morgan fingerprint density at radius 2 is 1.93 bits per heavy atom. The number of piperidine rings is 1. The van der Waals surface area contributed by atoms with Crippen LogP contribution in [-0.2, 0) is 4.79 Å². The highest BCUT2D eigenvalue weighted by Gasteiger charge is 2.18. The van der Waals surface area contributed by atoms with Crippen LogP contribution in [0.1, 0.15) is 51.9 Å². The van der Waals surface area contributed by atoms with Gasteiger partial charge in [-0.05, 0) is 45.3 Å². The number of ketones is 1. The normalized spacial score (nSPS) is 19.3. The molecule has 0 spiro atoms. The first kappa shape index (κ1) is 12.7. The molecule has 1 fully saturated rings. The molecule has 88 valence electrons. The van der Waals surface area contributed by atoms with Gasteiger partial charge in [-0.3, -0.25) is 4.79 Å². The number of Topliss-reactive ketones (excluding diaryl/α,β-unsaturated/α-hetero) is 1. The molecule has 0 aliphatic carbocycles. The van der Waals surface area contributed by atoms with E-state index in [9.17, 15) is 4.79 Å². The summed E-state index contributed by atoms with van der Waals surface area (Å²) >= 11 is 0. The van der Waals surface area contributed by atoms with E-state index in [-0.39, 0.29) is 0 Å². The molecule has 2 heteroatoms. The van der Waals surface area contributed by atoms with Gasteiger partial charge in [0.25, 0.3) is 0 Å². The van der Waals surface area contributed by atoms with Crippen molar-refractivity contribution in [1.29, 1.82) is 0 Å². The minimum Gasteiger partial charge on any atom is -0.306 e. The molecule has 0 bridgehead atoms. The Morgan fingerprint density at radius 1 is 1.27 bits per heavy atom. The highest BCUT2D eigenvalue weighted by molar-refractivity contribution is 5.78. The Labute approximate surface area is 94.0 Å². The van der Waals surface area contributed by atoms with E-state index in [0.29, 0.717) is 11.7 Å². The summed E-state index contributed by atoms with van der Waals surface area (Å²) in [5, 5.41) is 0. The molecule has 0 aromatic carbocycles. The molecule has 0 saturated carbocycles. The summed E-state index contributed by atoms with van der Waals surface area (Å²) in [6.07, 6.45) is 7.62. The Hall–Kier alpha value is -0.370. The van der Waals surface area contributed by atoms with Crippen LogP contribution >= 0.6 is 0 Å². The lowest BCUT2D eigenvalue weighted by Crippen LogP contribution is -2.31. The lowest BCUT2D eigenvalue weighted by Gasteiger charge is -2.28. The second-order valence-electron chi connectivity index (χ2n) is 4.95. The highest BCUT2D eigenvalue weighted by atomic mass is 16.1. The van der Waals surface area contributed by atoms with Gasteiger partial charge in [0.05, 0.1) is 0 Å². The first-order valence-electron chi connectivity index (χ1n) is 6.42. The molecule has 0 radical (unpaired) electrons. The Kier molecular flexibility index (Phi) is 5.92. The Morgan fingerprint density at radius 3 is 2.53 bits per heavy atom. The first-order valence-corrected chi connectivity index (χ1v) is 6.42. The number of rotatable bonds is 6. The quantitative estimate of drug-likeness (QED) is 0.630. The van der Waals surface area contributed by atoms with Gasteiger partial charge < -0.3 is 4.90 Å². The van der Waals surface area contributed by atoms with Crippen molar-refractivity contribution in [2.45, 2.75) is 51.9 Å². The zero-order valence-corrected chi connectivity index (χ0v) is 10.3. The average Bonchev–Trinajstić information content (AvgIpc) is 2.22. The van der Waals surface area contributed by atoms with Crippen molar-refractivity contribution in [1.82, 2.24) is 4.90 Å². The minimum absolute atomic E-state index is 0.498. The molecule has 0 unspecified atom stereocenters. The molecule has 0 N–H and O–H groups in total. The molecule has 1 aliphatic rings. The van der Waals surface area contributed by atoms with E-state index in [1.54, 1.807) is 0 Å². The van der Waals surface area contributed by atoms with Crippen LogP contribution in [0.3, 0.4) is 0 Å². The van der Waals surface area contributed by atoms with Crippen LogP contribution in [0.2, 0.25) is 0 Å². The third kappa shape index (κ3) is 5.31. The molecule has 0 aromatic heterocycles. The largest absolute Gasteiger partial charge is 0.306 e. The van der Waals surface area contributed by atoms with Crippen molar-refractivity contribution in [3.8, 4) is 0 Å². The maximum absolute atomic E-state index is 11.7. The molecule has 1 heterocycles. The van der Waals surface area contributed by atoms with Gasteiger partial charge in [-0.2, -0.15) is 0 Å². The second kappa shape index (κ2) is 7.00. The van der Waals surface area contributed by atoms with Crippen LogP contribution in [0.25, 0.3) is 0 Å². The number of likely N-dealkylation sites (tertiary alicyclic amines) is 1. The molecule has 0 aromatic rings. The summed E-state index contributed by atoms with van der Waals surface area (Å²) in [6.45, 7) is 4.53. The topological polar surface area (TPSA) is 20.3 Å². The third-order valence-corrected chi connectivity index (χ3v) is 3.41. The highest BCUT2D eigenvalue weighted by Crippen LogP contribution is 2.20. The number of hydrogen-bond acceptors (Lipinski definition) is 2. The van der Waals surface area contributed by atoms with Crippen LogP contribution in [0.15, 0.2) is 0 Å². The molecular weight excluding hydrogens is 186 g/mol. The summed E-state index contributed by atoms with van der Waals surface area (Å²) in [5.41, 5.74) is 0. The molecule has 0 amide bonds. The van der Waals surface area contributed by atoms with Gasteiger partial charge in [-0.25, -0.2) is 0 Å². The van der Waals surface area contributed by atoms with Crippen molar-refractivity contribution in [2.24, 2.45) is 5.92 Å². The lowest BCUT2D eigenvalue weighted by atomic mass is 9.90. The number of carbonyl (C=O) groups is 1. The number of carbonyl (C=O) groups excluding carboxylic acids is 1. The maximum atomic E-state index is 11.7.